The number of carbonyl (C=O) groups is 1. The molecule has 0 unspecified atom stereocenters. The number of hydrogen-bond acceptors (Lipinski definition) is 5. The smallest absolute Gasteiger partial charge is 0.252 e. The number of halogens is 2. The van der Waals surface area contributed by atoms with Crippen LogP contribution in [0.3, 0.4) is 0 Å². The largest absolute Gasteiger partial charge is 0.494 e. The van der Waals surface area contributed by atoms with Crippen LogP contribution in [0.5, 0.6) is 5.75 Å². The summed E-state index contributed by atoms with van der Waals surface area (Å²) < 4.78 is 27.3. The molecule has 2 atom stereocenters. The van der Waals surface area contributed by atoms with E-state index in [2.05, 4.69) is 33.4 Å². The summed E-state index contributed by atoms with van der Waals surface area (Å²) in [5, 5.41) is 12.1. The van der Waals surface area contributed by atoms with Crippen molar-refractivity contribution in [2.75, 3.05) is 13.2 Å². The summed E-state index contributed by atoms with van der Waals surface area (Å²) in [6.07, 6.45) is 0.0247. The summed E-state index contributed by atoms with van der Waals surface area (Å²) in [4.78, 5) is 19.6. The van der Waals surface area contributed by atoms with Gasteiger partial charge in [0, 0.05) is 36.0 Å². The normalized spacial score (nSPS) is 17.1. The maximum Gasteiger partial charge on any atom is 0.252 e. The first kappa shape index (κ1) is 32.2. The highest BCUT2D eigenvalue weighted by Crippen LogP contribution is 2.43. The van der Waals surface area contributed by atoms with Gasteiger partial charge in [-0.25, -0.2) is 9.38 Å². The molecule has 6 rings (SSSR count). The highest BCUT2D eigenvalue weighted by atomic mass is 79.9. The Morgan fingerprint density at radius 3 is 2.26 bits per heavy atom. The predicted octanol–water partition coefficient (Wildman–Crippen LogP) is 7.83. The van der Waals surface area contributed by atoms with Crippen LogP contribution in [0.15, 0.2) is 137 Å². The molecule has 0 fully saturated rings. The first-order valence-corrected chi connectivity index (χ1v) is 16.3. The van der Waals surface area contributed by atoms with Crippen molar-refractivity contribution in [3.8, 4) is 16.9 Å². The first-order chi connectivity index (χ1) is 22.9. The minimum atomic E-state index is -1.39. The fraction of sp³-hybridized carbons (Fsp3) is 0.179. The number of ether oxygens (including phenoxy) is 2. The van der Waals surface area contributed by atoms with Gasteiger partial charge in [-0.2, -0.15) is 0 Å². The zero-order chi connectivity index (χ0) is 32.6. The third kappa shape index (κ3) is 7.62. The van der Waals surface area contributed by atoms with Crippen molar-refractivity contribution in [3.63, 3.8) is 0 Å². The Labute approximate surface area is 282 Å². The highest BCUT2D eigenvalue weighted by Gasteiger charge is 2.53. The fourth-order valence-corrected chi connectivity index (χ4v) is 5.92. The van der Waals surface area contributed by atoms with Crippen molar-refractivity contribution in [1.29, 1.82) is 0 Å². The Hall–Kier alpha value is -4.79. The number of amides is 1. The minimum Gasteiger partial charge on any atom is -0.494 e. The van der Waals surface area contributed by atoms with Gasteiger partial charge in [0.2, 0.25) is 5.90 Å². The number of aliphatic hydroxyl groups excluding tert-OH is 1. The maximum atomic E-state index is 14.5. The second-order valence-corrected chi connectivity index (χ2v) is 12.3. The number of nitrogens with zero attached hydrogens (tertiary/aromatic N) is 1. The summed E-state index contributed by atoms with van der Waals surface area (Å²) in [7, 11) is 0. The molecule has 5 aromatic carbocycles. The number of rotatable bonds is 12. The van der Waals surface area contributed by atoms with Gasteiger partial charge in [0.15, 0.2) is 11.6 Å². The number of benzene rings is 5. The molecule has 0 aliphatic carbocycles. The van der Waals surface area contributed by atoms with E-state index < -0.39 is 11.6 Å². The standard InChI is InChI=1S/C39H34BrFN2O4/c40-33-18-10-27(11-19-33)25-39(38(45)42-26-28-6-4-9-34(41)24-28)36(31-14-12-30(13-15-31)29-7-2-1-3-8-29)47-37(43-39)32-16-20-35(21-17-32)46-23-5-22-44/h1-4,6-21,24,36,44H,5,22-23,25-26H2,(H,42,45)/t36-,39-/m1/s1. The van der Waals surface area contributed by atoms with Gasteiger partial charge in [-0.15, -0.1) is 0 Å². The van der Waals surface area contributed by atoms with E-state index in [4.69, 9.17) is 19.6 Å². The van der Waals surface area contributed by atoms with Crippen molar-refractivity contribution in [3.05, 3.63) is 160 Å². The molecule has 1 amide bonds. The molecule has 0 saturated carbocycles. The maximum absolute atomic E-state index is 14.5. The summed E-state index contributed by atoms with van der Waals surface area (Å²) >= 11 is 3.51. The lowest BCUT2D eigenvalue weighted by molar-refractivity contribution is -0.129. The van der Waals surface area contributed by atoms with Crippen molar-refractivity contribution >= 4 is 27.7 Å². The Balaban J connectivity index is 1.40. The number of aliphatic imine (C=N–C) groups is 1. The van der Waals surface area contributed by atoms with Gasteiger partial charge < -0.3 is 19.9 Å². The van der Waals surface area contributed by atoms with Gasteiger partial charge in [-0.3, -0.25) is 4.79 Å². The summed E-state index contributed by atoms with van der Waals surface area (Å²) in [5.74, 6) is 0.289. The molecular formula is C39H34BrFN2O4. The molecule has 0 radical (unpaired) electrons. The van der Waals surface area contributed by atoms with Gasteiger partial charge in [0.05, 0.1) is 6.61 Å². The van der Waals surface area contributed by atoms with E-state index in [1.165, 1.54) is 12.1 Å². The van der Waals surface area contributed by atoms with Crippen LogP contribution in [0.4, 0.5) is 4.39 Å². The Morgan fingerprint density at radius 2 is 1.55 bits per heavy atom. The Bertz CT molecular complexity index is 1830. The molecule has 6 nitrogen and oxygen atoms in total. The van der Waals surface area contributed by atoms with E-state index in [0.29, 0.717) is 35.8 Å². The number of aliphatic hydroxyl groups is 1. The second kappa shape index (κ2) is 14.8. The van der Waals surface area contributed by atoms with E-state index in [0.717, 1.165) is 26.7 Å². The van der Waals surface area contributed by atoms with E-state index in [1.807, 2.05) is 91.0 Å². The lowest BCUT2D eigenvalue weighted by atomic mass is 9.81. The van der Waals surface area contributed by atoms with Crippen LogP contribution >= 0.6 is 15.9 Å². The highest BCUT2D eigenvalue weighted by molar-refractivity contribution is 9.10. The average Bonchev–Trinajstić information content (AvgIpc) is 3.49. The van der Waals surface area contributed by atoms with Gasteiger partial charge >= 0.3 is 0 Å². The van der Waals surface area contributed by atoms with Gasteiger partial charge in [-0.05, 0) is 76.3 Å². The molecule has 1 heterocycles. The molecule has 0 bridgehead atoms. The lowest BCUT2D eigenvalue weighted by Crippen LogP contribution is -2.49. The predicted molar refractivity (Wildman–Crippen MR) is 185 cm³/mol. The number of nitrogens with one attached hydrogen (secondary N) is 1. The van der Waals surface area contributed by atoms with E-state index in [-0.39, 0.29) is 31.3 Å². The van der Waals surface area contributed by atoms with Crippen LogP contribution in [0.2, 0.25) is 0 Å². The summed E-state index contributed by atoms with van der Waals surface area (Å²) in [6, 6.07) is 39.4. The zero-order valence-electron chi connectivity index (χ0n) is 25.6. The SMILES string of the molecule is O=C(NCc1cccc(F)c1)[C@]1(Cc2ccc(Br)cc2)N=C(c2ccc(OCCCO)cc2)O[C@@H]1c1ccc(-c2ccccc2)cc1. The van der Waals surface area contributed by atoms with Crippen LogP contribution in [0.25, 0.3) is 11.1 Å². The van der Waals surface area contributed by atoms with Gasteiger partial charge in [0.25, 0.3) is 5.91 Å². The second-order valence-electron chi connectivity index (χ2n) is 11.4. The quantitative estimate of drug-likeness (QED) is 0.131. The Morgan fingerprint density at radius 1 is 0.851 bits per heavy atom. The molecule has 238 valence electrons. The molecule has 0 spiro atoms. The average molecular weight is 694 g/mol. The van der Waals surface area contributed by atoms with Crippen molar-refractivity contribution in [2.45, 2.75) is 31.0 Å². The van der Waals surface area contributed by atoms with Crippen molar-refractivity contribution in [1.82, 2.24) is 5.32 Å². The summed E-state index contributed by atoms with van der Waals surface area (Å²) in [6.45, 7) is 0.581. The van der Waals surface area contributed by atoms with Crippen LogP contribution in [0.1, 0.15) is 34.8 Å². The van der Waals surface area contributed by atoms with Crippen LogP contribution in [-0.2, 0) is 22.5 Å². The van der Waals surface area contributed by atoms with E-state index in [9.17, 15) is 9.18 Å². The topological polar surface area (TPSA) is 80.2 Å². The monoisotopic (exact) mass is 692 g/mol. The molecule has 47 heavy (non-hydrogen) atoms. The van der Waals surface area contributed by atoms with Crippen molar-refractivity contribution in [2.24, 2.45) is 4.99 Å². The first-order valence-electron chi connectivity index (χ1n) is 15.5. The molecule has 1 aliphatic rings. The molecule has 2 N–H and O–H groups in total. The third-order valence-corrected chi connectivity index (χ3v) is 8.61. The van der Waals surface area contributed by atoms with Crippen molar-refractivity contribution < 1.29 is 23.8 Å². The number of carbonyl (C=O) groups excluding carboxylic acids is 1. The van der Waals surface area contributed by atoms with Gasteiger partial charge in [0.1, 0.15) is 11.6 Å². The minimum absolute atomic E-state index is 0.0537. The molecule has 1 aliphatic heterocycles. The van der Waals surface area contributed by atoms with Crippen LogP contribution in [0, 0.1) is 5.82 Å². The number of hydrogen-bond donors (Lipinski definition) is 2. The molecule has 0 aromatic heterocycles. The third-order valence-electron chi connectivity index (χ3n) is 8.08. The van der Waals surface area contributed by atoms with E-state index >= 15 is 0 Å². The van der Waals surface area contributed by atoms with E-state index in [1.54, 1.807) is 12.1 Å². The molecule has 8 heteroatoms. The van der Waals surface area contributed by atoms with Gasteiger partial charge in [-0.1, -0.05) is 94.8 Å². The lowest BCUT2D eigenvalue weighted by Gasteiger charge is -2.31. The summed E-state index contributed by atoms with van der Waals surface area (Å²) in [5.41, 5.74) is 3.77. The molecule has 0 saturated heterocycles. The van der Waals surface area contributed by atoms with Crippen LogP contribution < -0.4 is 10.1 Å². The molecule has 5 aromatic rings. The Kier molecular flexibility index (Phi) is 10.1. The fourth-order valence-electron chi connectivity index (χ4n) is 5.66. The zero-order valence-corrected chi connectivity index (χ0v) is 27.2. The molecular weight excluding hydrogens is 659 g/mol. The van der Waals surface area contributed by atoms with Crippen LogP contribution in [-0.4, -0.2) is 35.7 Å².